The van der Waals surface area contributed by atoms with Crippen molar-refractivity contribution >= 4 is 17.6 Å². The number of ether oxygens (including phenoxy) is 1. The lowest BCUT2D eigenvalue weighted by atomic mass is 9.85. The van der Waals surface area contributed by atoms with Crippen LogP contribution in [0.3, 0.4) is 0 Å². The lowest BCUT2D eigenvalue weighted by Gasteiger charge is -2.24. The van der Waals surface area contributed by atoms with Gasteiger partial charge in [0.1, 0.15) is 0 Å². The van der Waals surface area contributed by atoms with Crippen LogP contribution in [0.4, 0.5) is 5.69 Å². The third-order valence-electron chi connectivity index (χ3n) is 4.65. The minimum atomic E-state index is 0.143. The molecule has 1 aromatic rings. The molecule has 1 aliphatic rings. The molecule has 0 spiro atoms. The van der Waals surface area contributed by atoms with E-state index < -0.39 is 0 Å². The van der Waals surface area contributed by atoms with Gasteiger partial charge in [0.2, 0.25) is 5.91 Å². The number of hydrogen-bond acceptors (Lipinski definition) is 3. The lowest BCUT2D eigenvalue weighted by Crippen LogP contribution is -2.37. The maximum Gasteiger partial charge on any atom is 0.227 e. The van der Waals surface area contributed by atoms with Crippen LogP contribution in [0, 0.1) is 5.92 Å². The SMILES string of the molecule is CCNC(=NCc1cccc(NC(=O)C2CCC2)c1)NCCCCOCC. The number of aliphatic imine (C=N–C) groups is 1. The van der Waals surface area contributed by atoms with Gasteiger partial charge in [-0.15, -0.1) is 0 Å². The Morgan fingerprint density at radius 2 is 2.07 bits per heavy atom. The molecule has 2 rings (SSSR count). The van der Waals surface area contributed by atoms with Gasteiger partial charge in [-0.05, 0) is 57.2 Å². The van der Waals surface area contributed by atoms with Crippen LogP contribution in [-0.4, -0.2) is 38.2 Å². The van der Waals surface area contributed by atoms with E-state index in [1.807, 2.05) is 31.2 Å². The smallest absolute Gasteiger partial charge is 0.227 e. The summed E-state index contributed by atoms with van der Waals surface area (Å²) in [7, 11) is 0. The molecule has 0 aliphatic heterocycles. The number of carbonyl (C=O) groups excluding carboxylic acids is 1. The Bertz CT molecular complexity index is 600. The predicted octanol–water partition coefficient (Wildman–Crippen LogP) is 3.30. The molecule has 0 aromatic heterocycles. The summed E-state index contributed by atoms with van der Waals surface area (Å²) < 4.78 is 5.35. The number of rotatable bonds is 11. The molecular weight excluding hydrogens is 340 g/mol. The second-order valence-electron chi connectivity index (χ2n) is 6.84. The van der Waals surface area contributed by atoms with Crippen molar-refractivity contribution in [1.82, 2.24) is 10.6 Å². The largest absolute Gasteiger partial charge is 0.382 e. The topological polar surface area (TPSA) is 74.8 Å². The highest BCUT2D eigenvalue weighted by molar-refractivity contribution is 5.93. The number of anilines is 1. The fourth-order valence-electron chi connectivity index (χ4n) is 2.85. The van der Waals surface area contributed by atoms with Gasteiger partial charge in [-0.2, -0.15) is 0 Å². The highest BCUT2D eigenvalue weighted by Crippen LogP contribution is 2.27. The minimum Gasteiger partial charge on any atom is -0.382 e. The third-order valence-corrected chi connectivity index (χ3v) is 4.65. The summed E-state index contributed by atoms with van der Waals surface area (Å²) in [6.07, 6.45) is 5.28. The molecular formula is C21H34N4O2. The number of amides is 1. The van der Waals surface area contributed by atoms with E-state index >= 15 is 0 Å². The maximum atomic E-state index is 12.1. The number of unbranched alkanes of at least 4 members (excludes halogenated alkanes) is 1. The normalized spacial score (nSPS) is 14.5. The summed E-state index contributed by atoms with van der Waals surface area (Å²) in [5, 5.41) is 9.65. The summed E-state index contributed by atoms with van der Waals surface area (Å²) in [6.45, 7) is 7.92. The first-order chi connectivity index (χ1) is 13.2. The van der Waals surface area contributed by atoms with E-state index in [9.17, 15) is 4.79 Å². The summed E-state index contributed by atoms with van der Waals surface area (Å²) in [4.78, 5) is 16.8. The van der Waals surface area contributed by atoms with E-state index in [-0.39, 0.29) is 11.8 Å². The van der Waals surface area contributed by atoms with E-state index in [0.29, 0.717) is 6.54 Å². The number of nitrogens with zero attached hydrogens (tertiary/aromatic N) is 1. The van der Waals surface area contributed by atoms with Gasteiger partial charge in [0.15, 0.2) is 5.96 Å². The van der Waals surface area contributed by atoms with E-state index in [4.69, 9.17) is 4.74 Å². The van der Waals surface area contributed by atoms with Gasteiger partial charge in [0.25, 0.3) is 0 Å². The number of benzene rings is 1. The minimum absolute atomic E-state index is 0.143. The van der Waals surface area contributed by atoms with Crippen molar-refractivity contribution in [3.63, 3.8) is 0 Å². The van der Waals surface area contributed by atoms with Crippen LogP contribution in [0.5, 0.6) is 0 Å². The number of hydrogen-bond donors (Lipinski definition) is 3. The molecule has 6 heteroatoms. The van der Waals surface area contributed by atoms with E-state index in [1.54, 1.807) is 0 Å². The Kier molecular flexibility index (Phi) is 9.69. The van der Waals surface area contributed by atoms with Crippen molar-refractivity contribution < 1.29 is 9.53 Å². The second kappa shape index (κ2) is 12.3. The average molecular weight is 375 g/mol. The van der Waals surface area contributed by atoms with Crippen molar-refractivity contribution in [3.8, 4) is 0 Å². The predicted molar refractivity (Wildman–Crippen MR) is 111 cm³/mol. The van der Waals surface area contributed by atoms with Gasteiger partial charge >= 0.3 is 0 Å². The van der Waals surface area contributed by atoms with Crippen molar-refractivity contribution in [2.75, 3.05) is 31.6 Å². The molecule has 1 aromatic carbocycles. The van der Waals surface area contributed by atoms with Crippen LogP contribution in [0.15, 0.2) is 29.3 Å². The van der Waals surface area contributed by atoms with Crippen molar-refractivity contribution in [2.45, 2.75) is 52.5 Å². The summed E-state index contributed by atoms with van der Waals surface area (Å²) in [5.74, 6) is 1.15. The van der Waals surface area contributed by atoms with Crippen molar-refractivity contribution in [1.29, 1.82) is 0 Å². The second-order valence-corrected chi connectivity index (χ2v) is 6.84. The molecule has 0 heterocycles. The number of guanidine groups is 1. The van der Waals surface area contributed by atoms with Crippen LogP contribution in [0.2, 0.25) is 0 Å². The van der Waals surface area contributed by atoms with E-state index in [2.05, 4.69) is 27.9 Å². The molecule has 0 saturated heterocycles. The number of nitrogens with one attached hydrogen (secondary N) is 3. The molecule has 3 N–H and O–H groups in total. The standard InChI is InChI=1S/C21H34N4O2/c1-3-22-21(23-13-5-6-14-27-4-2)24-16-17-9-7-12-19(15-17)25-20(26)18-10-8-11-18/h7,9,12,15,18H,3-6,8,10-11,13-14,16H2,1-2H3,(H,25,26)(H2,22,23,24). The van der Waals surface area contributed by atoms with Crippen molar-refractivity contribution in [2.24, 2.45) is 10.9 Å². The van der Waals surface area contributed by atoms with Crippen LogP contribution >= 0.6 is 0 Å². The molecule has 0 atom stereocenters. The number of carbonyl (C=O) groups is 1. The van der Waals surface area contributed by atoms with Gasteiger partial charge < -0.3 is 20.7 Å². The van der Waals surface area contributed by atoms with Gasteiger partial charge in [0, 0.05) is 37.9 Å². The molecule has 27 heavy (non-hydrogen) atoms. The Hall–Kier alpha value is -2.08. The summed E-state index contributed by atoms with van der Waals surface area (Å²) in [6, 6.07) is 7.95. The van der Waals surface area contributed by atoms with Gasteiger partial charge in [0.05, 0.1) is 6.54 Å². The molecule has 6 nitrogen and oxygen atoms in total. The summed E-state index contributed by atoms with van der Waals surface area (Å²) >= 11 is 0. The first kappa shape index (κ1) is 21.2. The molecule has 0 bridgehead atoms. The van der Waals surface area contributed by atoms with Crippen LogP contribution in [-0.2, 0) is 16.1 Å². The quantitative estimate of drug-likeness (QED) is 0.316. The Morgan fingerprint density at radius 3 is 2.78 bits per heavy atom. The van der Waals surface area contributed by atoms with Crippen LogP contribution in [0.1, 0.15) is 51.5 Å². The molecule has 1 aliphatic carbocycles. The Morgan fingerprint density at radius 1 is 1.22 bits per heavy atom. The van der Waals surface area contributed by atoms with Crippen molar-refractivity contribution in [3.05, 3.63) is 29.8 Å². The van der Waals surface area contributed by atoms with Crippen LogP contribution in [0.25, 0.3) is 0 Å². The molecule has 1 fully saturated rings. The fourth-order valence-corrected chi connectivity index (χ4v) is 2.85. The molecule has 150 valence electrons. The van der Waals surface area contributed by atoms with E-state index in [0.717, 1.165) is 69.2 Å². The first-order valence-corrected chi connectivity index (χ1v) is 10.2. The Labute approximate surface area is 163 Å². The molecule has 0 radical (unpaired) electrons. The van der Waals surface area contributed by atoms with Gasteiger partial charge in [-0.1, -0.05) is 18.6 Å². The summed E-state index contributed by atoms with van der Waals surface area (Å²) in [5.41, 5.74) is 1.93. The van der Waals surface area contributed by atoms with Gasteiger partial charge in [-0.3, -0.25) is 4.79 Å². The fraction of sp³-hybridized carbons (Fsp3) is 0.619. The highest BCUT2D eigenvalue weighted by Gasteiger charge is 2.25. The van der Waals surface area contributed by atoms with E-state index in [1.165, 1.54) is 6.42 Å². The zero-order chi connectivity index (χ0) is 19.3. The zero-order valence-corrected chi connectivity index (χ0v) is 16.7. The zero-order valence-electron chi connectivity index (χ0n) is 16.7. The highest BCUT2D eigenvalue weighted by atomic mass is 16.5. The molecule has 1 saturated carbocycles. The van der Waals surface area contributed by atoms with Gasteiger partial charge in [-0.25, -0.2) is 4.99 Å². The molecule has 0 unspecified atom stereocenters. The molecule has 1 amide bonds. The monoisotopic (exact) mass is 374 g/mol. The average Bonchev–Trinajstić information content (AvgIpc) is 2.61. The first-order valence-electron chi connectivity index (χ1n) is 10.2. The van der Waals surface area contributed by atoms with Crippen LogP contribution < -0.4 is 16.0 Å². The maximum absolute atomic E-state index is 12.1. The Balaban J connectivity index is 1.81. The third kappa shape index (κ3) is 7.99. The lowest BCUT2D eigenvalue weighted by molar-refractivity contribution is -0.122.